The predicted octanol–water partition coefficient (Wildman–Crippen LogP) is 4.21. The number of rotatable bonds is 5. The zero-order chi connectivity index (χ0) is 19.3. The highest BCUT2D eigenvalue weighted by molar-refractivity contribution is 6.34. The van der Waals surface area contributed by atoms with E-state index >= 15 is 0 Å². The first kappa shape index (κ1) is 23.7. The minimum Gasteiger partial charge on any atom is -0.339 e. The molecule has 0 atom stereocenters. The van der Waals surface area contributed by atoms with Crippen LogP contribution in [0.4, 0.5) is 5.69 Å². The van der Waals surface area contributed by atoms with Crippen LogP contribution in [0.3, 0.4) is 0 Å². The average molecular weight is 416 g/mol. The zero-order valence-corrected chi connectivity index (χ0v) is 18.2. The fraction of sp³-hybridized carbons (Fsp3) is 0.600. The summed E-state index contributed by atoms with van der Waals surface area (Å²) in [6, 6.07) is 5.10. The van der Waals surface area contributed by atoms with Crippen LogP contribution in [-0.4, -0.2) is 43.4 Å². The van der Waals surface area contributed by atoms with Gasteiger partial charge in [0.25, 0.3) is 5.91 Å². The van der Waals surface area contributed by atoms with Gasteiger partial charge < -0.3 is 15.5 Å². The van der Waals surface area contributed by atoms with E-state index in [2.05, 4.69) is 10.6 Å². The van der Waals surface area contributed by atoms with E-state index in [-0.39, 0.29) is 29.6 Å². The number of benzene rings is 1. The number of nitrogens with one attached hydrogen (secondary N) is 2. The molecule has 2 N–H and O–H groups in total. The summed E-state index contributed by atoms with van der Waals surface area (Å²) >= 11 is 6.26. The number of hydrogen-bond acceptors (Lipinski definition) is 3. The summed E-state index contributed by atoms with van der Waals surface area (Å²) in [4.78, 5) is 26.9. The number of hydrogen-bond donors (Lipinski definition) is 2. The zero-order valence-electron chi connectivity index (χ0n) is 16.6. The normalized spacial score (nSPS) is 15.2. The molecule has 1 aromatic carbocycles. The molecular weight excluding hydrogens is 385 g/mol. The van der Waals surface area contributed by atoms with Gasteiger partial charge in [-0.2, -0.15) is 0 Å². The van der Waals surface area contributed by atoms with Crippen LogP contribution in [0.15, 0.2) is 18.2 Å². The van der Waals surface area contributed by atoms with E-state index in [9.17, 15) is 9.59 Å². The van der Waals surface area contributed by atoms with E-state index in [0.717, 1.165) is 32.5 Å². The third-order valence-corrected chi connectivity index (χ3v) is 4.90. The van der Waals surface area contributed by atoms with Gasteiger partial charge in [0, 0.05) is 25.2 Å². The van der Waals surface area contributed by atoms with E-state index in [1.807, 2.05) is 32.7 Å². The van der Waals surface area contributed by atoms with Crippen LogP contribution in [0.2, 0.25) is 5.02 Å². The van der Waals surface area contributed by atoms with Crippen molar-refractivity contribution >= 4 is 41.5 Å². The van der Waals surface area contributed by atoms with Crippen molar-refractivity contribution in [1.29, 1.82) is 0 Å². The fourth-order valence-corrected chi connectivity index (χ4v) is 3.45. The quantitative estimate of drug-likeness (QED) is 0.756. The molecule has 1 aromatic rings. The lowest BCUT2D eigenvalue weighted by atomic mass is 9.92. The molecule has 0 unspecified atom stereocenters. The topological polar surface area (TPSA) is 61.4 Å². The molecule has 1 saturated heterocycles. The summed E-state index contributed by atoms with van der Waals surface area (Å²) in [5.74, 6) is 0.485. The lowest BCUT2D eigenvalue weighted by Gasteiger charge is -2.32. The Labute approximate surface area is 173 Å². The maximum Gasteiger partial charge on any atom is 0.255 e. The first-order valence-electron chi connectivity index (χ1n) is 9.23. The number of amides is 2. The molecule has 0 saturated carbocycles. The third kappa shape index (κ3) is 7.32. The number of likely N-dealkylation sites (tertiary alicyclic amines) is 1. The van der Waals surface area contributed by atoms with Crippen molar-refractivity contribution in [2.75, 3.05) is 32.0 Å². The highest BCUT2D eigenvalue weighted by Gasteiger charge is 2.25. The van der Waals surface area contributed by atoms with Crippen LogP contribution in [0.1, 0.15) is 50.4 Å². The Balaban J connectivity index is 0.00000364. The Bertz CT molecular complexity index is 651. The Morgan fingerprint density at radius 2 is 1.85 bits per heavy atom. The number of nitrogens with zero attached hydrogens (tertiary/aromatic N) is 1. The molecule has 0 aromatic heterocycles. The van der Waals surface area contributed by atoms with Crippen molar-refractivity contribution in [1.82, 2.24) is 10.2 Å². The number of carbonyl (C=O) groups is 2. The first-order chi connectivity index (χ1) is 12.2. The van der Waals surface area contributed by atoms with Crippen molar-refractivity contribution in [3.63, 3.8) is 0 Å². The molecule has 7 heteroatoms. The Hall–Kier alpha value is -1.30. The SMILES string of the molecule is CNCC1CCN(C(=O)c2cc(NC(=O)CC(C)(C)C)ccc2Cl)CC1.Cl. The molecule has 0 spiro atoms. The van der Waals surface area contributed by atoms with Crippen molar-refractivity contribution in [3.8, 4) is 0 Å². The van der Waals surface area contributed by atoms with Gasteiger partial charge in [0.15, 0.2) is 0 Å². The molecule has 1 aliphatic rings. The average Bonchev–Trinajstić information content (AvgIpc) is 2.55. The van der Waals surface area contributed by atoms with E-state index in [4.69, 9.17) is 11.6 Å². The summed E-state index contributed by atoms with van der Waals surface area (Å²) < 4.78 is 0. The maximum atomic E-state index is 12.9. The van der Waals surface area contributed by atoms with Crippen LogP contribution in [0.5, 0.6) is 0 Å². The Kier molecular flexibility index (Phi) is 9.06. The van der Waals surface area contributed by atoms with E-state index < -0.39 is 0 Å². The van der Waals surface area contributed by atoms with Gasteiger partial charge in [-0.05, 0) is 56.0 Å². The van der Waals surface area contributed by atoms with Gasteiger partial charge in [-0.1, -0.05) is 32.4 Å². The highest BCUT2D eigenvalue weighted by atomic mass is 35.5. The van der Waals surface area contributed by atoms with Gasteiger partial charge in [0.2, 0.25) is 5.91 Å². The molecule has 1 fully saturated rings. The third-order valence-electron chi connectivity index (χ3n) is 4.57. The minimum atomic E-state index is -0.0904. The van der Waals surface area contributed by atoms with Gasteiger partial charge in [0.05, 0.1) is 10.6 Å². The van der Waals surface area contributed by atoms with Crippen LogP contribution in [0.25, 0.3) is 0 Å². The number of halogens is 2. The molecule has 1 heterocycles. The summed E-state index contributed by atoms with van der Waals surface area (Å²) in [7, 11) is 1.96. The number of carbonyl (C=O) groups excluding carboxylic acids is 2. The molecule has 0 radical (unpaired) electrons. The largest absolute Gasteiger partial charge is 0.339 e. The molecule has 152 valence electrons. The van der Waals surface area contributed by atoms with Gasteiger partial charge in [0.1, 0.15) is 0 Å². The Morgan fingerprint density at radius 3 is 2.41 bits per heavy atom. The van der Waals surface area contributed by atoms with Gasteiger partial charge in [-0.15, -0.1) is 12.4 Å². The van der Waals surface area contributed by atoms with Gasteiger partial charge in [-0.25, -0.2) is 0 Å². The van der Waals surface area contributed by atoms with Gasteiger partial charge >= 0.3 is 0 Å². The van der Waals surface area contributed by atoms with Gasteiger partial charge in [-0.3, -0.25) is 9.59 Å². The van der Waals surface area contributed by atoms with Crippen LogP contribution in [0, 0.1) is 11.3 Å². The summed E-state index contributed by atoms with van der Waals surface area (Å²) in [6.45, 7) is 8.51. The van der Waals surface area contributed by atoms with Crippen LogP contribution < -0.4 is 10.6 Å². The summed E-state index contributed by atoms with van der Waals surface area (Å²) in [5.41, 5.74) is 0.969. The lowest BCUT2D eigenvalue weighted by molar-refractivity contribution is -0.117. The predicted molar refractivity (Wildman–Crippen MR) is 114 cm³/mol. The second-order valence-electron chi connectivity index (χ2n) is 8.27. The summed E-state index contributed by atoms with van der Waals surface area (Å²) in [6.07, 6.45) is 2.40. The molecule has 0 bridgehead atoms. The smallest absolute Gasteiger partial charge is 0.255 e. The molecule has 1 aliphatic heterocycles. The van der Waals surface area contributed by atoms with Crippen molar-refractivity contribution in [2.24, 2.45) is 11.3 Å². The molecule has 27 heavy (non-hydrogen) atoms. The second-order valence-corrected chi connectivity index (χ2v) is 8.68. The second kappa shape index (κ2) is 10.3. The van der Waals surface area contributed by atoms with Crippen molar-refractivity contribution in [2.45, 2.75) is 40.0 Å². The monoisotopic (exact) mass is 415 g/mol. The van der Waals surface area contributed by atoms with E-state index in [0.29, 0.717) is 28.6 Å². The first-order valence-corrected chi connectivity index (χ1v) is 9.60. The van der Waals surface area contributed by atoms with Crippen LogP contribution in [-0.2, 0) is 4.79 Å². The maximum absolute atomic E-state index is 12.9. The number of anilines is 1. The standard InChI is InChI=1S/C20H30ClN3O2.ClH/c1-20(2,3)12-18(25)23-15-5-6-17(21)16(11-15)19(26)24-9-7-14(8-10-24)13-22-4;/h5-6,11,14,22H,7-10,12-13H2,1-4H3,(H,23,25);1H. The molecule has 2 amide bonds. The van der Waals surface area contributed by atoms with Crippen molar-refractivity contribution in [3.05, 3.63) is 28.8 Å². The van der Waals surface area contributed by atoms with E-state index in [1.165, 1.54) is 0 Å². The fourth-order valence-electron chi connectivity index (χ4n) is 3.25. The Morgan fingerprint density at radius 1 is 1.22 bits per heavy atom. The summed E-state index contributed by atoms with van der Waals surface area (Å²) in [5, 5.41) is 6.49. The molecule has 0 aliphatic carbocycles. The van der Waals surface area contributed by atoms with E-state index in [1.54, 1.807) is 18.2 Å². The van der Waals surface area contributed by atoms with Crippen LogP contribution >= 0.6 is 24.0 Å². The lowest BCUT2D eigenvalue weighted by Crippen LogP contribution is -2.40. The molecular formula is C20H31Cl2N3O2. The van der Waals surface area contributed by atoms with Crippen molar-refractivity contribution < 1.29 is 9.59 Å². The minimum absolute atomic E-state index is 0. The number of piperidine rings is 1. The highest BCUT2D eigenvalue weighted by Crippen LogP contribution is 2.26. The molecule has 5 nitrogen and oxygen atoms in total. The molecule has 2 rings (SSSR count).